The first-order chi connectivity index (χ1) is 17.6. The summed E-state index contributed by atoms with van der Waals surface area (Å²) in [5, 5.41) is 8.20. The number of aliphatic imine (C=N–C) groups is 1. The van der Waals surface area contributed by atoms with Crippen LogP contribution >= 0.6 is 0 Å². The largest absolute Gasteiger partial charge is 0.466 e. The van der Waals surface area contributed by atoms with Gasteiger partial charge < -0.3 is 24.8 Å². The summed E-state index contributed by atoms with van der Waals surface area (Å²) in [6, 6.07) is -0.460. The molecule has 0 spiro atoms. The summed E-state index contributed by atoms with van der Waals surface area (Å²) in [7, 11) is 0. The Bertz CT molecular complexity index is 834. The van der Waals surface area contributed by atoms with Crippen LogP contribution in [-0.2, 0) is 23.8 Å². The van der Waals surface area contributed by atoms with Crippen LogP contribution in [-0.4, -0.2) is 66.8 Å². The number of esters is 1. The molecule has 0 aromatic carbocycles. The molecule has 38 heavy (non-hydrogen) atoms. The Morgan fingerprint density at radius 2 is 1.61 bits per heavy atom. The third kappa shape index (κ3) is 11.7. The van der Waals surface area contributed by atoms with E-state index in [4.69, 9.17) is 14.2 Å². The van der Waals surface area contributed by atoms with Crippen molar-refractivity contribution in [2.75, 3.05) is 13.2 Å². The summed E-state index contributed by atoms with van der Waals surface area (Å²) in [5.74, 6) is -0.612. The van der Waals surface area contributed by atoms with Crippen LogP contribution in [0.1, 0.15) is 88.0 Å². The monoisotopic (exact) mass is 540 g/mol. The van der Waals surface area contributed by atoms with Crippen LogP contribution in [0.4, 0.5) is 9.59 Å². The lowest BCUT2D eigenvalue weighted by molar-refractivity contribution is -0.147. The molecule has 218 valence electrons. The van der Waals surface area contributed by atoms with Gasteiger partial charge in [-0.15, -0.1) is 0 Å². The number of amides is 3. The van der Waals surface area contributed by atoms with Crippen molar-refractivity contribution in [1.29, 1.82) is 0 Å². The predicted octanol–water partition coefficient (Wildman–Crippen LogP) is 3.94. The van der Waals surface area contributed by atoms with Gasteiger partial charge in [0, 0.05) is 18.9 Å². The van der Waals surface area contributed by atoms with Crippen LogP contribution in [0.25, 0.3) is 0 Å². The van der Waals surface area contributed by atoms with E-state index in [1.807, 2.05) is 0 Å². The maximum Gasteiger partial charge on any atom is 0.412 e. The van der Waals surface area contributed by atoms with E-state index in [-0.39, 0.29) is 48.3 Å². The van der Waals surface area contributed by atoms with Gasteiger partial charge in [-0.1, -0.05) is 26.7 Å². The number of rotatable bonds is 12. The number of alkyl carbamates (subject to hydrolysis) is 2. The Morgan fingerprint density at radius 1 is 0.974 bits per heavy atom. The summed E-state index contributed by atoms with van der Waals surface area (Å²) in [4.78, 5) is 53.4. The topological polar surface area (TPSA) is 144 Å². The molecular weight excluding hydrogens is 492 g/mol. The van der Waals surface area contributed by atoms with Crippen molar-refractivity contribution in [2.45, 2.75) is 111 Å². The minimum absolute atomic E-state index is 0.0478. The molecule has 11 nitrogen and oxygen atoms in total. The maximum absolute atomic E-state index is 12.5. The van der Waals surface area contributed by atoms with Gasteiger partial charge >= 0.3 is 18.2 Å². The van der Waals surface area contributed by atoms with Gasteiger partial charge in [-0.05, 0) is 60.3 Å². The average Bonchev–Trinajstić information content (AvgIpc) is 3.20. The Morgan fingerprint density at radius 3 is 2.13 bits per heavy atom. The average molecular weight is 541 g/mol. The van der Waals surface area contributed by atoms with Crippen molar-refractivity contribution in [3.63, 3.8) is 0 Å². The molecule has 1 rings (SSSR count). The third-order valence-corrected chi connectivity index (χ3v) is 6.46. The van der Waals surface area contributed by atoms with Gasteiger partial charge in [0.25, 0.3) is 0 Å². The van der Waals surface area contributed by atoms with Gasteiger partial charge in [0.2, 0.25) is 5.91 Å². The SMILES string of the molecule is CCOC(=O)[C@@H]1C[C@@H]([C@@H](NC(C)=O)C(CC)CC)[C@H](N=CNC(=O)OC(C)(C)CNC(=O)OC(C)(C)C)C1. The predicted molar refractivity (Wildman–Crippen MR) is 145 cm³/mol. The zero-order valence-corrected chi connectivity index (χ0v) is 24.5. The first kappa shape index (κ1) is 33.2. The van der Waals surface area contributed by atoms with E-state index in [1.54, 1.807) is 41.5 Å². The Labute approximate surface area is 227 Å². The normalized spacial score (nSPS) is 20.6. The highest BCUT2D eigenvalue weighted by atomic mass is 16.6. The fourth-order valence-corrected chi connectivity index (χ4v) is 4.77. The van der Waals surface area contributed by atoms with Crippen LogP contribution < -0.4 is 16.0 Å². The van der Waals surface area contributed by atoms with Crippen LogP contribution in [0.3, 0.4) is 0 Å². The van der Waals surface area contributed by atoms with E-state index >= 15 is 0 Å². The maximum atomic E-state index is 12.5. The number of carbonyl (C=O) groups is 4. The zero-order valence-electron chi connectivity index (χ0n) is 24.5. The molecular formula is C27H48N4O7. The van der Waals surface area contributed by atoms with E-state index in [0.29, 0.717) is 19.4 Å². The molecule has 0 unspecified atom stereocenters. The highest BCUT2D eigenvalue weighted by molar-refractivity contribution is 5.82. The van der Waals surface area contributed by atoms with Gasteiger partial charge in [0.05, 0.1) is 31.4 Å². The highest BCUT2D eigenvalue weighted by Gasteiger charge is 2.44. The lowest BCUT2D eigenvalue weighted by Gasteiger charge is -2.33. The lowest BCUT2D eigenvalue weighted by Crippen LogP contribution is -2.47. The molecule has 3 amide bonds. The van der Waals surface area contributed by atoms with Crippen molar-refractivity contribution < 1.29 is 33.4 Å². The number of ether oxygens (including phenoxy) is 3. The first-order valence-corrected chi connectivity index (χ1v) is 13.5. The first-order valence-electron chi connectivity index (χ1n) is 13.5. The number of hydrogen-bond donors (Lipinski definition) is 3. The van der Waals surface area contributed by atoms with Gasteiger partial charge in [0.1, 0.15) is 11.2 Å². The van der Waals surface area contributed by atoms with Gasteiger partial charge in [0.15, 0.2) is 0 Å². The molecule has 0 bridgehead atoms. The van der Waals surface area contributed by atoms with Crippen LogP contribution in [0.15, 0.2) is 4.99 Å². The Balaban J connectivity index is 2.89. The molecule has 0 saturated heterocycles. The molecule has 0 radical (unpaired) electrons. The molecule has 3 N–H and O–H groups in total. The van der Waals surface area contributed by atoms with Crippen LogP contribution in [0, 0.1) is 17.8 Å². The zero-order chi connectivity index (χ0) is 29.1. The summed E-state index contributed by atoms with van der Waals surface area (Å²) in [6.07, 6.45) is 2.67. The second kappa shape index (κ2) is 14.9. The van der Waals surface area contributed by atoms with Crippen molar-refractivity contribution in [2.24, 2.45) is 22.7 Å². The van der Waals surface area contributed by atoms with Crippen LogP contribution in [0.2, 0.25) is 0 Å². The van der Waals surface area contributed by atoms with Crippen LogP contribution in [0.5, 0.6) is 0 Å². The second-order valence-electron chi connectivity index (χ2n) is 11.4. The van der Waals surface area contributed by atoms with Crippen molar-refractivity contribution in [3.05, 3.63) is 0 Å². The fourth-order valence-electron chi connectivity index (χ4n) is 4.77. The summed E-state index contributed by atoms with van der Waals surface area (Å²) in [5.41, 5.74) is -1.65. The smallest absolute Gasteiger partial charge is 0.412 e. The van der Waals surface area contributed by atoms with Gasteiger partial charge in [-0.25, -0.2) is 9.59 Å². The number of hydrogen-bond acceptors (Lipinski definition) is 8. The second-order valence-corrected chi connectivity index (χ2v) is 11.4. The van der Waals surface area contributed by atoms with Crippen molar-refractivity contribution >= 4 is 30.4 Å². The molecule has 0 aromatic rings. The fraction of sp³-hybridized carbons (Fsp3) is 0.815. The molecule has 0 aromatic heterocycles. The molecule has 1 saturated carbocycles. The van der Waals surface area contributed by atoms with E-state index in [1.165, 1.54) is 13.3 Å². The van der Waals surface area contributed by atoms with E-state index in [2.05, 4.69) is 34.8 Å². The van der Waals surface area contributed by atoms with E-state index in [9.17, 15) is 19.2 Å². The molecule has 11 heteroatoms. The Kier molecular flexibility index (Phi) is 13.0. The van der Waals surface area contributed by atoms with Gasteiger partial charge in [-0.2, -0.15) is 0 Å². The number of nitrogens with zero attached hydrogens (tertiary/aromatic N) is 1. The lowest BCUT2D eigenvalue weighted by atomic mass is 9.81. The molecule has 0 aliphatic heterocycles. The molecule has 1 fully saturated rings. The summed E-state index contributed by atoms with van der Waals surface area (Å²) < 4.78 is 15.9. The molecule has 0 heterocycles. The van der Waals surface area contributed by atoms with E-state index < -0.39 is 23.4 Å². The van der Waals surface area contributed by atoms with Crippen molar-refractivity contribution in [3.8, 4) is 0 Å². The summed E-state index contributed by atoms with van der Waals surface area (Å²) in [6.45, 7) is 16.3. The van der Waals surface area contributed by atoms with Crippen molar-refractivity contribution in [1.82, 2.24) is 16.0 Å². The molecule has 4 atom stereocenters. The molecule has 1 aliphatic carbocycles. The summed E-state index contributed by atoms with van der Waals surface area (Å²) >= 11 is 0. The number of nitrogens with one attached hydrogen (secondary N) is 3. The molecule has 1 aliphatic rings. The highest BCUT2D eigenvalue weighted by Crippen LogP contribution is 2.39. The van der Waals surface area contributed by atoms with Gasteiger partial charge in [-0.3, -0.25) is 19.9 Å². The third-order valence-electron chi connectivity index (χ3n) is 6.46. The number of carbonyl (C=O) groups excluding carboxylic acids is 4. The minimum atomic E-state index is -1.01. The Hall–Kier alpha value is -2.85. The standard InChI is InChI=1S/C27H48N4O7/c1-10-18(11-2)22(31-17(4)32)20-13-19(23(33)36-12-3)14-21(20)29-16-30-25(35)38-27(8,9)15-28-24(34)37-26(5,6)7/h16,18-22H,10-15H2,1-9H3,(H,28,34)(H,31,32)(H,29,30,35)/t19-,20-,21-,22+/m1/s1. The quantitative estimate of drug-likeness (QED) is 0.147. The minimum Gasteiger partial charge on any atom is -0.466 e. The van der Waals surface area contributed by atoms with E-state index in [0.717, 1.165) is 12.8 Å².